The van der Waals surface area contributed by atoms with Crippen LogP contribution in [0.5, 0.6) is 0 Å². The molecule has 0 saturated heterocycles. The van der Waals surface area contributed by atoms with Gasteiger partial charge in [-0.15, -0.1) is 0 Å². The number of aromatic amines is 1. The molecule has 0 aliphatic carbocycles. The fraction of sp³-hybridized carbons (Fsp3) is 0. The first kappa shape index (κ1) is 8.03. The number of isocyanates is 1. The zero-order valence-corrected chi connectivity index (χ0v) is 5.98. The summed E-state index contributed by atoms with van der Waals surface area (Å²) in [5, 5.41) is 5.40. The van der Waals surface area contributed by atoms with Gasteiger partial charge in [-0.1, -0.05) is 0 Å². The van der Waals surface area contributed by atoms with Gasteiger partial charge in [-0.2, -0.15) is 0 Å². The van der Waals surface area contributed by atoms with Gasteiger partial charge in [0.15, 0.2) is 5.65 Å². The van der Waals surface area contributed by atoms with E-state index < -0.39 is 0 Å². The average Bonchev–Trinajstić information content (AvgIpc) is 2.52. The second-order valence-corrected chi connectivity index (χ2v) is 1.76. The Morgan fingerprint density at radius 1 is 1.50 bits per heavy atom. The molecule has 6 heteroatoms. The Bertz CT molecular complexity index is 359. The Labute approximate surface area is 67.2 Å². The van der Waals surface area contributed by atoms with E-state index in [1.807, 2.05) is 0 Å². The summed E-state index contributed by atoms with van der Waals surface area (Å²) in [6, 6.07) is 0. The zero-order valence-electron chi connectivity index (χ0n) is 5.98. The number of aromatic nitrogens is 4. The van der Waals surface area contributed by atoms with Crippen molar-refractivity contribution in [2.75, 3.05) is 0 Å². The van der Waals surface area contributed by atoms with Crippen LogP contribution in [0.15, 0.2) is 18.9 Å². The van der Waals surface area contributed by atoms with Gasteiger partial charge in [0.05, 0.1) is 12.5 Å². The molecular formula is C6H5N5O. The van der Waals surface area contributed by atoms with Crippen LogP contribution in [0, 0.1) is 5.41 Å². The number of rotatable bonds is 0. The van der Waals surface area contributed by atoms with E-state index in [1.165, 1.54) is 6.33 Å². The summed E-state index contributed by atoms with van der Waals surface area (Å²) in [5.74, 6) is 0. The van der Waals surface area contributed by atoms with Gasteiger partial charge in [-0.25, -0.2) is 25.2 Å². The van der Waals surface area contributed by atoms with E-state index in [4.69, 9.17) is 10.2 Å². The van der Waals surface area contributed by atoms with Gasteiger partial charge in [0, 0.05) is 0 Å². The van der Waals surface area contributed by atoms with Crippen LogP contribution in [-0.4, -0.2) is 26.0 Å². The lowest BCUT2D eigenvalue weighted by molar-refractivity contribution is 0.563. The summed E-state index contributed by atoms with van der Waals surface area (Å²) < 4.78 is 0. The highest BCUT2D eigenvalue weighted by Crippen LogP contribution is 1.99. The lowest BCUT2D eigenvalue weighted by atomic mass is 10.6. The van der Waals surface area contributed by atoms with Crippen molar-refractivity contribution in [3.05, 3.63) is 18.9 Å². The van der Waals surface area contributed by atoms with E-state index in [0.717, 1.165) is 11.6 Å². The standard InChI is InChI=1S/C5H4N4.CHNO/c1-4-5(8-2-6-1)9-3-7-4;2-1-3/h1-3H,(H,6,7,8,9);2H. The molecule has 6 nitrogen and oxygen atoms in total. The Kier molecular flexibility index (Phi) is 2.64. The third-order valence-electron chi connectivity index (χ3n) is 1.10. The Morgan fingerprint density at radius 3 is 2.92 bits per heavy atom. The fourth-order valence-electron chi connectivity index (χ4n) is 0.691. The van der Waals surface area contributed by atoms with Crippen molar-refractivity contribution in [3.63, 3.8) is 0 Å². The minimum absolute atomic E-state index is 0.713. The van der Waals surface area contributed by atoms with E-state index >= 15 is 0 Å². The monoisotopic (exact) mass is 163 g/mol. The van der Waals surface area contributed by atoms with Crippen LogP contribution in [0.2, 0.25) is 0 Å². The number of hydrogen-bond donors (Lipinski definition) is 2. The van der Waals surface area contributed by atoms with Crippen molar-refractivity contribution in [1.29, 1.82) is 5.41 Å². The van der Waals surface area contributed by atoms with Gasteiger partial charge in [0.25, 0.3) is 0 Å². The van der Waals surface area contributed by atoms with Crippen molar-refractivity contribution in [2.24, 2.45) is 0 Å². The SMILES string of the molecule is N=C=O.c1ncc2[nH]cnc2n1. The first-order valence-electron chi connectivity index (χ1n) is 3.01. The van der Waals surface area contributed by atoms with Crippen LogP contribution in [0.25, 0.3) is 11.2 Å². The van der Waals surface area contributed by atoms with Crippen molar-refractivity contribution in [3.8, 4) is 0 Å². The van der Waals surface area contributed by atoms with E-state index in [-0.39, 0.29) is 0 Å². The average molecular weight is 163 g/mol. The lowest BCUT2D eigenvalue weighted by Crippen LogP contribution is -1.76. The molecule has 60 valence electrons. The van der Waals surface area contributed by atoms with Crippen LogP contribution >= 0.6 is 0 Å². The first-order valence-corrected chi connectivity index (χ1v) is 3.01. The molecule has 0 bridgehead atoms. The highest BCUT2D eigenvalue weighted by Gasteiger charge is 1.91. The molecule has 0 saturated carbocycles. The number of carbonyl (C=O) groups excluding carboxylic acids is 1. The summed E-state index contributed by atoms with van der Waals surface area (Å²) in [6.07, 6.45) is 5.51. The largest absolute Gasteiger partial charge is 0.342 e. The summed E-state index contributed by atoms with van der Waals surface area (Å²) in [7, 11) is 0. The molecule has 2 heterocycles. The molecule has 0 spiro atoms. The molecule has 2 rings (SSSR count). The normalized spacial score (nSPS) is 8.33. The predicted octanol–water partition coefficient (Wildman–Crippen LogP) is 0.254. The molecule has 0 atom stereocenters. The smallest absolute Gasteiger partial charge is 0.231 e. The number of nitrogens with one attached hydrogen (secondary N) is 2. The highest BCUT2D eigenvalue weighted by atomic mass is 16.1. The van der Waals surface area contributed by atoms with Crippen molar-refractivity contribution in [2.45, 2.75) is 0 Å². The maximum atomic E-state index is 8.35. The highest BCUT2D eigenvalue weighted by molar-refractivity contribution is 5.67. The van der Waals surface area contributed by atoms with Crippen LogP contribution < -0.4 is 0 Å². The Morgan fingerprint density at radius 2 is 2.25 bits per heavy atom. The minimum Gasteiger partial charge on any atom is -0.342 e. The quantitative estimate of drug-likeness (QED) is 0.430. The van der Waals surface area contributed by atoms with E-state index in [9.17, 15) is 0 Å². The van der Waals surface area contributed by atoms with Gasteiger partial charge in [-0.05, 0) is 0 Å². The number of nitrogens with zero attached hydrogens (tertiary/aromatic N) is 3. The molecular weight excluding hydrogens is 158 g/mol. The van der Waals surface area contributed by atoms with Crippen molar-refractivity contribution in [1.82, 2.24) is 19.9 Å². The summed E-state index contributed by atoms with van der Waals surface area (Å²) >= 11 is 0. The van der Waals surface area contributed by atoms with E-state index in [0.29, 0.717) is 5.65 Å². The third kappa shape index (κ3) is 1.71. The van der Waals surface area contributed by atoms with Crippen LogP contribution in [0.1, 0.15) is 0 Å². The molecule has 0 aliphatic heterocycles. The summed E-state index contributed by atoms with van der Waals surface area (Å²) in [5.41, 5.74) is 1.59. The molecule has 2 N–H and O–H groups in total. The number of hydrogen-bond acceptors (Lipinski definition) is 5. The van der Waals surface area contributed by atoms with Crippen LogP contribution in [-0.2, 0) is 4.79 Å². The van der Waals surface area contributed by atoms with Gasteiger partial charge >= 0.3 is 0 Å². The molecule has 0 amide bonds. The fourth-order valence-corrected chi connectivity index (χ4v) is 0.691. The van der Waals surface area contributed by atoms with E-state index in [2.05, 4.69) is 19.9 Å². The van der Waals surface area contributed by atoms with Crippen molar-refractivity contribution < 1.29 is 4.79 Å². The van der Waals surface area contributed by atoms with Crippen LogP contribution in [0.4, 0.5) is 0 Å². The number of imidazole rings is 1. The second kappa shape index (κ2) is 3.95. The van der Waals surface area contributed by atoms with Crippen molar-refractivity contribution >= 4 is 17.2 Å². The predicted molar refractivity (Wildman–Crippen MR) is 40.1 cm³/mol. The maximum Gasteiger partial charge on any atom is 0.231 e. The molecule has 2 aromatic rings. The molecule has 0 unspecified atom stereocenters. The Hall–Kier alpha value is -2.07. The summed E-state index contributed by atoms with van der Waals surface area (Å²) in [4.78, 5) is 22.8. The molecule has 0 aliphatic rings. The number of H-pyrrole nitrogens is 1. The van der Waals surface area contributed by atoms with Gasteiger partial charge in [-0.3, -0.25) is 0 Å². The van der Waals surface area contributed by atoms with E-state index in [1.54, 1.807) is 12.5 Å². The van der Waals surface area contributed by atoms with Gasteiger partial charge < -0.3 is 4.98 Å². The van der Waals surface area contributed by atoms with Gasteiger partial charge in [0.2, 0.25) is 6.08 Å². The molecule has 0 aromatic carbocycles. The minimum atomic E-state index is 0.713. The summed E-state index contributed by atoms with van der Waals surface area (Å²) in [6.45, 7) is 0. The molecule has 0 radical (unpaired) electrons. The van der Waals surface area contributed by atoms with Crippen LogP contribution in [0.3, 0.4) is 0 Å². The number of fused-ring (bicyclic) bond motifs is 1. The molecule has 0 fully saturated rings. The van der Waals surface area contributed by atoms with Gasteiger partial charge in [0.1, 0.15) is 11.8 Å². The Balaban J connectivity index is 0.000000213. The first-order chi connectivity index (χ1) is 5.88. The lowest BCUT2D eigenvalue weighted by Gasteiger charge is -1.80. The maximum absolute atomic E-state index is 8.35. The molecule has 2 aromatic heterocycles. The second-order valence-electron chi connectivity index (χ2n) is 1.76. The topological polar surface area (TPSA) is 95.4 Å². The zero-order chi connectivity index (χ0) is 8.81. The molecule has 12 heavy (non-hydrogen) atoms. The third-order valence-corrected chi connectivity index (χ3v) is 1.10.